The van der Waals surface area contributed by atoms with Crippen LogP contribution < -0.4 is 15.0 Å². The highest BCUT2D eigenvalue weighted by molar-refractivity contribution is 7.17. The van der Waals surface area contributed by atoms with Crippen molar-refractivity contribution in [2.24, 2.45) is 0 Å². The summed E-state index contributed by atoms with van der Waals surface area (Å²) < 4.78 is 20.6. The number of thiophene rings is 1. The van der Waals surface area contributed by atoms with Gasteiger partial charge in [0.25, 0.3) is 0 Å². The maximum absolute atomic E-state index is 13.7. The van der Waals surface area contributed by atoms with Crippen molar-refractivity contribution in [2.75, 3.05) is 49.5 Å². The molecule has 2 aromatic carbocycles. The zero-order valence-corrected chi connectivity index (χ0v) is 20.2. The molecule has 5 rings (SSSR count). The average Bonchev–Trinajstić information content (AvgIpc) is 3.19. The van der Waals surface area contributed by atoms with Crippen LogP contribution >= 0.6 is 23.7 Å². The van der Waals surface area contributed by atoms with Gasteiger partial charge in [0.2, 0.25) is 5.91 Å². The monoisotopic (exact) mass is 489 g/mol. The van der Waals surface area contributed by atoms with Gasteiger partial charge in [0.05, 0.1) is 6.61 Å². The number of rotatable bonds is 7. The largest absolute Gasteiger partial charge is 0.494 e. The highest BCUT2D eigenvalue weighted by atomic mass is 35.5. The fraction of sp³-hybridized carbons (Fsp3) is 0.400. The number of aryl methyl sites for hydroxylation is 1. The van der Waals surface area contributed by atoms with E-state index >= 15 is 0 Å². The molecule has 176 valence electrons. The van der Waals surface area contributed by atoms with Crippen molar-refractivity contribution in [3.05, 3.63) is 53.2 Å². The number of hydrogen-bond acceptors (Lipinski definition) is 5. The molecule has 0 bridgehead atoms. The second kappa shape index (κ2) is 10.7. The van der Waals surface area contributed by atoms with Gasteiger partial charge in [-0.1, -0.05) is 12.1 Å². The van der Waals surface area contributed by atoms with Crippen LogP contribution in [0.3, 0.4) is 0 Å². The first-order chi connectivity index (χ1) is 15.7. The number of piperazine rings is 1. The summed E-state index contributed by atoms with van der Waals surface area (Å²) in [4.78, 5) is 16.4. The van der Waals surface area contributed by atoms with Crippen molar-refractivity contribution in [3.8, 4) is 5.75 Å². The Morgan fingerprint density at radius 3 is 2.73 bits per heavy atom. The van der Waals surface area contributed by atoms with Crippen LogP contribution in [0.5, 0.6) is 5.75 Å². The molecule has 1 amide bonds. The minimum atomic E-state index is -0.117. The number of nitrogens with zero attached hydrogens (tertiary/aromatic N) is 2. The summed E-state index contributed by atoms with van der Waals surface area (Å²) in [5.74, 6) is 0.896. The highest BCUT2D eigenvalue weighted by Gasteiger charge is 2.19. The van der Waals surface area contributed by atoms with Gasteiger partial charge < -0.3 is 15.0 Å². The Labute approximate surface area is 203 Å². The van der Waals surface area contributed by atoms with E-state index in [0.717, 1.165) is 79.2 Å². The molecule has 3 aromatic rings. The minimum absolute atomic E-state index is 0. The Hall–Kier alpha value is -2.35. The zero-order chi connectivity index (χ0) is 21.9. The fourth-order valence-electron chi connectivity index (χ4n) is 4.57. The van der Waals surface area contributed by atoms with Crippen LogP contribution in [0.1, 0.15) is 24.8 Å². The number of benzene rings is 2. The van der Waals surface area contributed by atoms with Gasteiger partial charge in [0.1, 0.15) is 5.75 Å². The summed E-state index contributed by atoms with van der Waals surface area (Å²) in [5, 5.41) is 3.84. The molecular formula is C25H29ClFN3O2S. The number of carbonyl (C=O) groups is 1. The quantitative estimate of drug-likeness (QED) is 0.456. The number of carbonyl (C=O) groups excluding carboxylic acids is 1. The molecule has 0 spiro atoms. The molecule has 8 heteroatoms. The molecule has 0 radical (unpaired) electrons. The molecule has 0 unspecified atom stereocenters. The molecule has 1 N–H and O–H groups in total. The molecule has 5 nitrogen and oxygen atoms in total. The lowest BCUT2D eigenvalue weighted by Crippen LogP contribution is -2.46. The fourth-order valence-corrected chi connectivity index (χ4v) is 5.38. The SMILES string of the molecule is Cl.O=C1CCc2ccc(OCCCCN3CCN(c4cccc5sc(F)cc45)CC3)cc2N1. The molecule has 1 saturated heterocycles. The predicted octanol–water partition coefficient (Wildman–Crippen LogP) is 5.33. The average molecular weight is 490 g/mol. The topological polar surface area (TPSA) is 44.8 Å². The van der Waals surface area contributed by atoms with Crippen LogP contribution in [0.2, 0.25) is 0 Å². The van der Waals surface area contributed by atoms with Crippen molar-refractivity contribution in [2.45, 2.75) is 25.7 Å². The molecule has 1 aromatic heterocycles. The van der Waals surface area contributed by atoms with Crippen LogP contribution in [0, 0.1) is 5.13 Å². The van der Waals surface area contributed by atoms with E-state index in [0.29, 0.717) is 13.0 Å². The van der Waals surface area contributed by atoms with E-state index in [1.165, 1.54) is 16.9 Å². The standard InChI is InChI=1S/C25H28FN3O2S.ClH/c26-24-17-20-22(4-3-5-23(20)32-24)29-13-11-28(12-14-29)10-1-2-15-31-19-8-6-18-7-9-25(30)27-21(18)16-19;/h3-6,8,16-17H,1-2,7,9-15H2,(H,27,30);1H. The summed E-state index contributed by atoms with van der Waals surface area (Å²) in [6, 6.07) is 13.8. The Morgan fingerprint density at radius 2 is 1.88 bits per heavy atom. The number of ether oxygens (including phenoxy) is 1. The molecule has 1 fully saturated rings. The lowest BCUT2D eigenvalue weighted by atomic mass is 10.0. The van der Waals surface area contributed by atoms with E-state index < -0.39 is 0 Å². The number of halogens is 2. The summed E-state index contributed by atoms with van der Waals surface area (Å²) in [5.41, 5.74) is 3.21. The zero-order valence-electron chi connectivity index (χ0n) is 18.5. The number of unbranched alkanes of at least 4 members (excludes halogenated alkanes) is 1. The van der Waals surface area contributed by atoms with Gasteiger partial charge in [0.15, 0.2) is 5.13 Å². The van der Waals surface area contributed by atoms with Crippen LogP contribution in [0.25, 0.3) is 10.1 Å². The molecule has 3 heterocycles. The van der Waals surface area contributed by atoms with Crippen LogP contribution in [0.15, 0.2) is 42.5 Å². The number of anilines is 2. The van der Waals surface area contributed by atoms with Gasteiger partial charge in [-0.15, -0.1) is 23.7 Å². The number of fused-ring (bicyclic) bond motifs is 2. The maximum Gasteiger partial charge on any atom is 0.224 e. The summed E-state index contributed by atoms with van der Waals surface area (Å²) >= 11 is 1.22. The van der Waals surface area contributed by atoms with Crippen LogP contribution in [-0.2, 0) is 11.2 Å². The van der Waals surface area contributed by atoms with Crippen molar-refractivity contribution in [1.82, 2.24) is 4.90 Å². The van der Waals surface area contributed by atoms with Gasteiger partial charge in [-0.2, -0.15) is 4.39 Å². The first-order valence-electron chi connectivity index (χ1n) is 11.4. The van der Waals surface area contributed by atoms with Crippen LogP contribution in [0.4, 0.5) is 15.8 Å². The lowest BCUT2D eigenvalue weighted by Gasteiger charge is -2.36. The van der Waals surface area contributed by atoms with E-state index in [2.05, 4.69) is 27.2 Å². The maximum atomic E-state index is 13.7. The summed E-state index contributed by atoms with van der Waals surface area (Å²) in [7, 11) is 0. The Balaban J connectivity index is 0.00000259. The van der Waals surface area contributed by atoms with E-state index in [1.54, 1.807) is 6.07 Å². The molecule has 2 aliphatic rings. The van der Waals surface area contributed by atoms with Gasteiger partial charge in [-0.25, -0.2) is 0 Å². The molecule has 0 saturated carbocycles. The third-order valence-corrected chi connectivity index (χ3v) is 7.22. The van der Waals surface area contributed by atoms with Gasteiger partial charge >= 0.3 is 0 Å². The highest BCUT2D eigenvalue weighted by Crippen LogP contribution is 2.33. The van der Waals surface area contributed by atoms with Gasteiger partial charge in [-0.3, -0.25) is 9.69 Å². The Morgan fingerprint density at radius 1 is 1.03 bits per heavy atom. The second-order valence-electron chi connectivity index (χ2n) is 8.49. The van der Waals surface area contributed by atoms with Gasteiger partial charge in [-0.05, 0) is 55.6 Å². The van der Waals surface area contributed by atoms with E-state index in [4.69, 9.17) is 4.74 Å². The normalized spacial score (nSPS) is 16.3. The first kappa shape index (κ1) is 23.8. The number of amides is 1. The van der Waals surface area contributed by atoms with Crippen molar-refractivity contribution in [1.29, 1.82) is 0 Å². The molecule has 0 atom stereocenters. The smallest absolute Gasteiger partial charge is 0.224 e. The third-order valence-electron chi connectivity index (χ3n) is 6.34. The van der Waals surface area contributed by atoms with E-state index in [-0.39, 0.29) is 23.4 Å². The number of hydrogen-bond donors (Lipinski definition) is 1. The van der Waals surface area contributed by atoms with Crippen LogP contribution in [-0.4, -0.2) is 50.1 Å². The predicted molar refractivity (Wildman–Crippen MR) is 136 cm³/mol. The summed E-state index contributed by atoms with van der Waals surface area (Å²) in [6.07, 6.45) is 3.45. The van der Waals surface area contributed by atoms with Gasteiger partial charge in [0, 0.05) is 60.1 Å². The first-order valence-corrected chi connectivity index (χ1v) is 12.2. The molecule has 33 heavy (non-hydrogen) atoms. The summed E-state index contributed by atoms with van der Waals surface area (Å²) in [6.45, 7) is 5.72. The van der Waals surface area contributed by atoms with Crippen molar-refractivity contribution < 1.29 is 13.9 Å². The molecule has 2 aliphatic heterocycles. The van der Waals surface area contributed by atoms with E-state index in [9.17, 15) is 9.18 Å². The van der Waals surface area contributed by atoms with E-state index in [1.807, 2.05) is 24.3 Å². The Kier molecular flexibility index (Phi) is 7.73. The number of nitrogens with one attached hydrogen (secondary N) is 1. The Bertz CT molecular complexity index is 1110. The second-order valence-corrected chi connectivity index (χ2v) is 9.52. The minimum Gasteiger partial charge on any atom is -0.494 e. The lowest BCUT2D eigenvalue weighted by molar-refractivity contribution is -0.116. The van der Waals surface area contributed by atoms with Crippen molar-refractivity contribution in [3.63, 3.8) is 0 Å². The molecular weight excluding hydrogens is 461 g/mol. The molecule has 0 aliphatic carbocycles. The van der Waals surface area contributed by atoms with Crippen molar-refractivity contribution >= 4 is 51.1 Å². The third kappa shape index (κ3) is 5.60.